The molecule has 0 saturated heterocycles. The van der Waals surface area contributed by atoms with E-state index in [4.69, 9.17) is 22.1 Å². The normalized spacial score (nSPS) is 31.1. The third-order valence-corrected chi connectivity index (χ3v) is 4.24. The SMILES string of the molecule is N[C@@]1(c2ccccc2Cl)CCC[C@H]2OC(=O)C(F)(F)N=C21. The van der Waals surface area contributed by atoms with Gasteiger partial charge in [-0.1, -0.05) is 29.8 Å². The highest BCUT2D eigenvalue weighted by Crippen LogP contribution is 2.41. The van der Waals surface area contributed by atoms with Gasteiger partial charge >= 0.3 is 12.0 Å². The molecule has 2 aliphatic rings. The van der Waals surface area contributed by atoms with Gasteiger partial charge in [-0.25, -0.2) is 9.79 Å². The van der Waals surface area contributed by atoms with Crippen molar-refractivity contribution in [1.29, 1.82) is 0 Å². The zero-order valence-corrected chi connectivity index (χ0v) is 11.7. The number of rotatable bonds is 1. The second-order valence-corrected chi connectivity index (χ2v) is 5.68. The van der Waals surface area contributed by atoms with Crippen LogP contribution in [0.4, 0.5) is 8.78 Å². The molecule has 0 spiro atoms. The molecule has 2 atom stereocenters. The lowest BCUT2D eigenvalue weighted by atomic mass is 9.74. The molecule has 1 aromatic carbocycles. The summed E-state index contributed by atoms with van der Waals surface area (Å²) in [6.45, 7) is 0. The Morgan fingerprint density at radius 3 is 2.81 bits per heavy atom. The molecule has 2 N–H and O–H groups in total. The predicted molar refractivity (Wildman–Crippen MR) is 73.4 cm³/mol. The molecule has 3 rings (SSSR count). The summed E-state index contributed by atoms with van der Waals surface area (Å²) in [5, 5.41) is 0.378. The summed E-state index contributed by atoms with van der Waals surface area (Å²) in [6.07, 6.45) is 0.667. The number of hydrogen-bond donors (Lipinski definition) is 1. The summed E-state index contributed by atoms with van der Waals surface area (Å²) in [6, 6.07) is 2.89. The number of carbonyl (C=O) groups excluding carboxylic acids is 1. The Labute approximate surface area is 124 Å². The lowest BCUT2D eigenvalue weighted by Gasteiger charge is -2.42. The third kappa shape index (κ3) is 2.22. The Balaban J connectivity index is 2.14. The van der Waals surface area contributed by atoms with E-state index in [1.807, 2.05) is 0 Å². The molecule has 112 valence electrons. The average molecular weight is 315 g/mol. The van der Waals surface area contributed by atoms with Gasteiger partial charge in [0.1, 0.15) is 6.10 Å². The van der Waals surface area contributed by atoms with Gasteiger partial charge in [0.15, 0.2) is 0 Å². The number of nitrogens with zero attached hydrogens (tertiary/aromatic N) is 1. The first-order chi connectivity index (χ1) is 9.84. The maximum absolute atomic E-state index is 13.6. The van der Waals surface area contributed by atoms with Crippen LogP contribution >= 0.6 is 11.6 Å². The molecule has 1 aliphatic heterocycles. The molecule has 0 bridgehead atoms. The fourth-order valence-corrected chi connectivity index (χ4v) is 3.20. The lowest BCUT2D eigenvalue weighted by molar-refractivity contribution is -0.177. The van der Waals surface area contributed by atoms with Crippen LogP contribution in [-0.4, -0.2) is 23.8 Å². The Morgan fingerprint density at radius 2 is 2.10 bits per heavy atom. The maximum atomic E-state index is 13.6. The molecular formula is C14H13ClF2N2O2. The first-order valence-corrected chi connectivity index (χ1v) is 6.95. The lowest BCUT2D eigenvalue weighted by Crippen LogP contribution is -2.58. The number of carbonyl (C=O) groups is 1. The van der Waals surface area contributed by atoms with Gasteiger partial charge in [0.25, 0.3) is 0 Å². The summed E-state index contributed by atoms with van der Waals surface area (Å²) >= 11 is 6.15. The molecule has 1 heterocycles. The van der Waals surface area contributed by atoms with Crippen molar-refractivity contribution in [2.24, 2.45) is 10.7 Å². The van der Waals surface area contributed by atoms with Crippen LogP contribution in [0.1, 0.15) is 24.8 Å². The van der Waals surface area contributed by atoms with Gasteiger partial charge in [-0.2, -0.15) is 8.78 Å². The number of esters is 1. The number of halogens is 3. The van der Waals surface area contributed by atoms with Gasteiger partial charge in [0.2, 0.25) is 0 Å². The highest BCUT2D eigenvalue weighted by molar-refractivity contribution is 6.32. The molecule has 1 saturated carbocycles. The van der Waals surface area contributed by atoms with E-state index in [0.29, 0.717) is 29.8 Å². The zero-order valence-electron chi connectivity index (χ0n) is 11.0. The van der Waals surface area contributed by atoms with Crippen LogP contribution in [0.5, 0.6) is 0 Å². The molecule has 1 fully saturated rings. The summed E-state index contributed by atoms with van der Waals surface area (Å²) < 4.78 is 32.0. The van der Waals surface area contributed by atoms with E-state index in [1.54, 1.807) is 24.3 Å². The molecule has 0 unspecified atom stereocenters. The first-order valence-electron chi connectivity index (χ1n) is 6.57. The summed E-state index contributed by atoms with van der Waals surface area (Å²) in [7, 11) is 0. The minimum Gasteiger partial charge on any atom is -0.450 e. The number of fused-ring (bicyclic) bond motifs is 1. The zero-order chi connectivity index (χ0) is 15.3. The molecule has 0 radical (unpaired) electrons. The van der Waals surface area contributed by atoms with Crippen LogP contribution in [0, 0.1) is 0 Å². The number of hydrogen-bond acceptors (Lipinski definition) is 4. The van der Waals surface area contributed by atoms with E-state index in [-0.39, 0.29) is 5.71 Å². The average Bonchev–Trinajstić information content (AvgIpc) is 2.42. The van der Waals surface area contributed by atoms with Crippen molar-refractivity contribution >= 4 is 23.3 Å². The van der Waals surface area contributed by atoms with E-state index in [9.17, 15) is 13.6 Å². The van der Waals surface area contributed by atoms with Crippen LogP contribution in [0.25, 0.3) is 0 Å². The van der Waals surface area contributed by atoms with Gasteiger partial charge in [0.05, 0.1) is 11.3 Å². The van der Waals surface area contributed by atoms with E-state index < -0.39 is 23.7 Å². The van der Waals surface area contributed by atoms with Crippen LogP contribution < -0.4 is 5.73 Å². The number of nitrogens with two attached hydrogens (primary N) is 1. The highest BCUT2D eigenvalue weighted by Gasteiger charge is 2.53. The van der Waals surface area contributed by atoms with Crippen LogP contribution in [0.15, 0.2) is 29.3 Å². The van der Waals surface area contributed by atoms with Crippen molar-refractivity contribution < 1.29 is 18.3 Å². The van der Waals surface area contributed by atoms with Crippen molar-refractivity contribution in [2.45, 2.75) is 37.0 Å². The predicted octanol–water partition coefficient (Wildman–Crippen LogP) is 2.64. The van der Waals surface area contributed by atoms with Gasteiger partial charge in [-0.15, -0.1) is 0 Å². The first kappa shape index (κ1) is 14.4. The van der Waals surface area contributed by atoms with E-state index in [2.05, 4.69) is 4.99 Å². The number of alkyl halides is 2. The second-order valence-electron chi connectivity index (χ2n) is 5.28. The van der Waals surface area contributed by atoms with Crippen molar-refractivity contribution in [2.75, 3.05) is 0 Å². The topological polar surface area (TPSA) is 64.7 Å². The Kier molecular flexibility index (Phi) is 3.26. The number of ether oxygens (including phenoxy) is 1. The third-order valence-electron chi connectivity index (χ3n) is 3.91. The number of aliphatic imine (C=N–C) groups is 1. The molecule has 1 aromatic rings. The maximum Gasteiger partial charge on any atom is 0.440 e. The van der Waals surface area contributed by atoms with Gasteiger partial charge < -0.3 is 10.5 Å². The van der Waals surface area contributed by atoms with Crippen molar-refractivity contribution in [3.8, 4) is 0 Å². The fourth-order valence-electron chi connectivity index (χ4n) is 2.90. The molecule has 0 amide bonds. The Hall–Kier alpha value is -1.53. The van der Waals surface area contributed by atoms with Crippen molar-refractivity contribution in [3.05, 3.63) is 34.9 Å². The molecule has 21 heavy (non-hydrogen) atoms. The van der Waals surface area contributed by atoms with E-state index >= 15 is 0 Å². The minimum absolute atomic E-state index is 0.00792. The monoisotopic (exact) mass is 314 g/mol. The highest BCUT2D eigenvalue weighted by atomic mass is 35.5. The summed E-state index contributed by atoms with van der Waals surface area (Å²) in [4.78, 5) is 14.6. The fraction of sp³-hybridized carbons (Fsp3) is 0.429. The molecular weight excluding hydrogens is 302 g/mol. The van der Waals surface area contributed by atoms with Crippen molar-refractivity contribution in [1.82, 2.24) is 0 Å². The van der Waals surface area contributed by atoms with Gasteiger partial charge in [-0.05, 0) is 30.9 Å². The summed E-state index contributed by atoms with van der Waals surface area (Å²) in [5.74, 6) is -1.63. The molecule has 4 nitrogen and oxygen atoms in total. The van der Waals surface area contributed by atoms with Crippen LogP contribution in [-0.2, 0) is 15.1 Å². The van der Waals surface area contributed by atoms with Gasteiger partial charge in [0, 0.05) is 5.02 Å². The molecule has 7 heteroatoms. The summed E-state index contributed by atoms with van der Waals surface area (Å²) in [5.41, 5.74) is 5.63. The quantitative estimate of drug-likeness (QED) is 0.640. The number of benzene rings is 1. The Bertz CT molecular complexity index is 635. The van der Waals surface area contributed by atoms with E-state index in [0.717, 1.165) is 0 Å². The molecule has 0 aromatic heterocycles. The van der Waals surface area contributed by atoms with Gasteiger partial charge in [-0.3, -0.25) is 0 Å². The molecule has 1 aliphatic carbocycles. The van der Waals surface area contributed by atoms with Crippen LogP contribution in [0.2, 0.25) is 5.02 Å². The van der Waals surface area contributed by atoms with Crippen LogP contribution in [0.3, 0.4) is 0 Å². The standard InChI is InChI=1S/C14H13ClF2N2O2/c15-9-5-2-1-4-8(9)13(18)7-3-6-10-11(13)19-14(16,17)12(20)21-10/h1-2,4-5,10H,3,6-7,18H2/t10-,13-/m1/s1. The minimum atomic E-state index is -3.89. The smallest absolute Gasteiger partial charge is 0.440 e. The Morgan fingerprint density at radius 1 is 1.38 bits per heavy atom. The second kappa shape index (κ2) is 4.74. The van der Waals surface area contributed by atoms with Crippen molar-refractivity contribution in [3.63, 3.8) is 0 Å². The van der Waals surface area contributed by atoms with E-state index in [1.165, 1.54) is 0 Å². The largest absolute Gasteiger partial charge is 0.450 e.